The third-order valence-corrected chi connectivity index (χ3v) is 3.80. The highest BCUT2D eigenvalue weighted by atomic mass is 16.3. The summed E-state index contributed by atoms with van der Waals surface area (Å²) in [6.45, 7) is 3.35. The van der Waals surface area contributed by atoms with E-state index in [0.717, 1.165) is 24.6 Å². The minimum atomic E-state index is 0.601. The lowest BCUT2D eigenvalue weighted by Crippen LogP contribution is -2.33. The second kappa shape index (κ2) is 6.85. The first-order chi connectivity index (χ1) is 8.38. The lowest BCUT2D eigenvalue weighted by atomic mass is 9.95. The molecule has 2 nitrogen and oxygen atoms in total. The van der Waals surface area contributed by atoms with Crippen molar-refractivity contribution in [2.45, 2.75) is 57.9 Å². The van der Waals surface area contributed by atoms with Crippen LogP contribution in [0.25, 0.3) is 0 Å². The van der Waals surface area contributed by atoms with E-state index in [-0.39, 0.29) is 0 Å². The molecule has 0 aromatic carbocycles. The molecule has 17 heavy (non-hydrogen) atoms. The molecule has 1 saturated carbocycles. The monoisotopic (exact) mass is 235 g/mol. The van der Waals surface area contributed by atoms with Gasteiger partial charge in [0.15, 0.2) is 0 Å². The molecule has 1 unspecified atom stereocenters. The lowest BCUT2D eigenvalue weighted by Gasteiger charge is -2.21. The van der Waals surface area contributed by atoms with Crippen molar-refractivity contribution < 1.29 is 4.42 Å². The Morgan fingerprint density at radius 1 is 1.41 bits per heavy atom. The zero-order valence-electron chi connectivity index (χ0n) is 11.0. The van der Waals surface area contributed by atoms with Crippen LogP contribution in [-0.4, -0.2) is 12.6 Å². The summed E-state index contributed by atoms with van der Waals surface area (Å²) in [5.41, 5.74) is 0. The second-order valence-corrected chi connectivity index (χ2v) is 5.32. The minimum absolute atomic E-state index is 0.601. The minimum Gasteiger partial charge on any atom is -0.469 e. The summed E-state index contributed by atoms with van der Waals surface area (Å²) < 4.78 is 5.47. The van der Waals surface area contributed by atoms with Gasteiger partial charge in [-0.1, -0.05) is 32.6 Å². The van der Waals surface area contributed by atoms with Crippen molar-refractivity contribution in [3.05, 3.63) is 24.2 Å². The van der Waals surface area contributed by atoms with Crippen molar-refractivity contribution in [2.24, 2.45) is 5.92 Å². The molecule has 1 aromatic rings. The molecule has 0 radical (unpaired) electrons. The first-order valence-corrected chi connectivity index (χ1v) is 7.14. The molecule has 0 aliphatic heterocycles. The average Bonchev–Trinajstić information content (AvgIpc) is 2.99. The Kier molecular flexibility index (Phi) is 5.11. The van der Waals surface area contributed by atoms with E-state index >= 15 is 0 Å². The Bertz CT molecular complexity index is 288. The molecule has 1 heterocycles. The molecule has 1 N–H and O–H groups in total. The van der Waals surface area contributed by atoms with Crippen LogP contribution in [0.15, 0.2) is 22.8 Å². The number of hydrogen-bond donors (Lipinski definition) is 1. The highest BCUT2D eigenvalue weighted by molar-refractivity contribution is 5.00. The van der Waals surface area contributed by atoms with E-state index in [9.17, 15) is 0 Å². The zero-order chi connectivity index (χ0) is 11.9. The van der Waals surface area contributed by atoms with Crippen molar-refractivity contribution in [2.75, 3.05) is 6.54 Å². The Balaban J connectivity index is 1.83. The van der Waals surface area contributed by atoms with Crippen molar-refractivity contribution in [3.8, 4) is 0 Å². The summed E-state index contributed by atoms with van der Waals surface area (Å²) in [6.07, 6.45) is 11.1. The van der Waals surface area contributed by atoms with E-state index in [1.165, 1.54) is 38.5 Å². The summed E-state index contributed by atoms with van der Waals surface area (Å²) >= 11 is 0. The maximum atomic E-state index is 5.47. The van der Waals surface area contributed by atoms with Gasteiger partial charge in [0.05, 0.1) is 6.26 Å². The molecule has 0 amide bonds. The average molecular weight is 235 g/mol. The maximum Gasteiger partial charge on any atom is 0.105 e. The topological polar surface area (TPSA) is 25.2 Å². The van der Waals surface area contributed by atoms with Gasteiger partial charge in [-0.3, -0.25) is 0 Å². The molecule has 1 aliphatic rings. The Morgan fingerprint density at radius 3 is 2.88 bits per heavy atom. The van der Waals surface area contributed by atoms with Crippen LogP contribution in [0.1, 0.15) is 51.2 Å². The van der Waals surface area contributed by atoms with Gasteiger partial charge in [0.25, 0.3) is 0 Å². The highest BCUT2D eigenvalue weighted by Gasteiger charge is 2.20. The van der Waals surface area contributed by atoms with Gasteiger partial charge in [-0.25, -0.2) is 0 Å². The molecule has 1 aromatic heterocycles. The van der Waals surface area contributed by atoms with Crippen LogP contribution in [0.4, 0.5) is 0 Å². The fraction of sp³-hybridized carbons (Fsp3) is 0.733. The van der Waals surface area contributed by atoms with E-state index < -0.39 is 0 Å². The zero-order valence-corrected chi connectivity index (χ0v) is 11.0. The number of rotatable bonds is 7. The van der Waals surface area contributed by atoms with Gasteiger partial charge >= 0.3 is 0 Å². The summed E-state index contributed by atoms with van der Waals surface area (Å²) in [6, 6.07) is 4.68. The summed E-state index contributed by atoms with van der Waals surface area (Å²) in [7, 11) is 0. The molecule has 0 spiro atoms. The van der Waals surface area contributed by atoms with Gasteiger partial charge in [0.2, 0.25) is 0 Å². The van der Waals surface area contributed by atoms with Crippen LogP contribution in [-0.2, 0) is 6.42 Å². The SMILES string of the molecule is CCCNC(Cc1ccco1)CC1CCCC1. The molecule has 2 heteroatoms. The normalized spacial score (nSPS) is 18.6. The summed E-state index contributed by atoms with van der Waals surface area (Å²) in [5.74, 6) is 2.07. The van der Waals surface area contributed by atoms with Gasteiger partial charge in [0.1, 0.15) is 5.76 Å². The number of nitrogens with one attached hydrogen (secondary N) is 1. The summed E-state index contributed by atoms with van der Waals surface area (Å²) in [5, 5.41) is 3.67. The Hall–Kier alpha value is -0.760. The van der Waals surface area contributed by atoms with E-state index in [4.69, 9.17) is 4.42 Å². The van der Waals surface area contributed by atoms with Crippen LogP contribution in [0.3, 0.4) is 0 Å². The van der Waals surface area contributed by atoms with Gasteiger partial charge in [-0.15, -0.1) is 0 Å². The third kappa shape index (κ3) is 4.19. The summed E-state index contributed by atoms with van der Waals surface area (Å²) in [4.78, 5) is 0. The fourth-order valence-corrected chi connectivity index (χ4v) is 2.91. The van der Waals surface area contributed by atoms with Crippen LogP contribution in [0.2, 0.25) is 0 Å². The molecule has 2 rings (SSSR count). The van der Waals surface area contributed by atoms with Crippen LogP contribution < -0.4 is 5.32 Å². The molecule has 0 saturated heterocycles. The highest BCUT2D eigenvalue weighted by Crippen LogP contribution is 2.29. The first-order valence-electron chi connectivity index (χ1n) is 7.14. The lowest BCUT2D eigenvalue weighted by molar-refractivity contribution is 0.364. The van der Waals surface area contributed by atoms with Crippen LogP contribution >= 0.6 is 0 Å². The van der Waals surface area contributed by atoms with E-state index in [1.54, 1.807) is 6.26 Å². The molecule has 1 aliphatic carbocycles. The van der Waals surface area contributed by atoms with Gasteiger partial charge in [-0.05, 0) is 37.4 Å². The maximum absolute atomic E-state index is 5.47. The number of hydrogen-bond acceptors (Lipinski definition) is 2. The van der Waals surface area contributed by atoms with Crippen molar-refractivity contribution in [1.29, 1.82) is 0 Å². The van der Waals surface area contributed by atoms with E-state index in [0.29, 0.717) is 6.04 Å². The smallest absolute Gasteiger partial charge is 0.105 e. The van der Waals surface area contributed by atoms with E-state index in [1.807, 2.05) is 6.07 Å². The number of furan rings is 1. The Morgan fingerprint density at radius 2 is 2.24 bits per heavy atom. The fourth-order valence-electron chi connectivity index (χ4n) is 2.91. The first kappa shape index (κ1) is 12.7. The van der Waals surface area contributed by atoms with Crippen LogP contribution in [0.5, 0.6) is 0 Å². The molecular weight excluding hydrogens is 210 g/mol. The molecular formula is C15H25NO. The van der Waals surface area contributed by atoms with Gasteiger partial charge in [0, 0.05) is 12.5 Å². The van der Waals surface area contributed by atoms with Gasteiger partial charge < -0.3 is 9.73 Å². The van der Waals surface area contributed by atoms with Crippen molar-refractivity contribution in [1.82, 2.24) is 5.32 Å². The predicted molar refractivity (Wildman–Crippen MR) is 71.1 cm³/mol. The molecule has 1 atom stereocenters. The molecule has 96 valence electrons. The standard InChI is InChI=1S/C15H25NO/c1-2-9-16-14(11-13-6-3-4-7-13)12-15-8-5-10-17-15/h5,8,10,13-14,16H,2-4,6-7,9,11-12H2,1H3. The van der Waals surface area contributed by atoms with Crippen LogP contribution in [0, 0.1) is 5.92 Å². The quantitative estimate of drug-likeness (QED) is 0.778. The van der Waals surface area contributed by atoms with Crippen molar-refractivity contribution >= 4 is 0 Å². The third-order valence-electron chi connectivity index (χ3n) is 3.80. The van der Waals surface area contributed by atoms with Gasteiger partial charge in [-0.2, -0.15) is 0 Å². The molecule has 0 bridgehead atoms. The van der Waals surface area contributed by atoms with E-state index in [2.05, 4.69) is 18.3 Å². The molecule has 1 fully saturated rings. The second-order valence-electron chi connectivity index (χ2n) is 5.32. The predicted octanol–water partition coefficient (Wildman–Crippen LogP) is 3.77. The largest absolute Gasteiger partial charge is 0.469 e. The van der Waals surface area contributed by atoms with Crippen molar-refractivity contribution in [3.63, 3.8) is 0 Å². The Labute approximate surface area is 105 Å².